The minimum atomic E-state index is -0.699. The van der Waals surface area contributed by atoms with E-state index in [4.69, 9.17) is 4.74 Å². The van der Waals surface area contributed by atoms with Gasteiger partial charge in [-0.1, -0.05) is 30.3 Å². The van der Waals surface area contributed by atoms with E-state index in [0.717, 1.165) is 18.4 Å². The summed E-state index contributed by atoms with van der Waals surface area (Å²) in [5.41, 5.74) is 0.891. The highest BCUT2D eigenvalue weighted by Gasteiger charge is 2.44. The van der Waals surface area contributed by atoms with Crippen LogP contribution in [-0.2, 0) is 16.0 Å². The molecule has 1 amide bonds. The first kappa shape index (κ1) is 17.2. The zero-order valence-corrected chi connectivity index (χ0v) is 14.4. The van der Waals surface area contributed by atoms with Crippen LogP contribution in [0.1, 0.15) is 35.7 Å². The smallest absolute Gasteiger partial charge is 0.314 e. The van der Waals surface area contributed by atoms with Crippen molar-refractivity contribution < 1.29 is 14.3 Å². The summed E-state index contributed by atoms with van der Waals surface area (Å²) in [4.78, 5) is 27.2. The predicted molar refractivity (Wildman–Crippen MR) is 92.9 cm³/mol. The second-order valence-electron chi connectivity index (χ2n) is 6.48. The van der Waals surface area contributed by atoms with Gasteiger partial charge < -0.3 is 9.64 Å². The molecule has 1 aromatic carbocycles. The number of H-pyrrole nitrogens is 1. The molecule has 6 heteroatoms. The second kappa shape index (κ2) is 7.51. The van der Waals surface area contributed by atoms with Crippen molar-refractivity contribution in [3.63, 3.8) is 0 Å². The molecule has 0 spiro atoms. The number of piperidine rings is 1. The van der Waals surface area contributed by atoms with Crippen LogP contribution in [0.15, 0.2) is 42.7 Å². The fourth-order valence-electron chi connectivity index (χ4n) is 3.51. The molecule has 1 atom stereocenters. The lowest BCUT2D eigenvalue weighted by molar-refractivity contribution is -0.158. The average molecular weight is 341 g/mol. The molecule has 0 radical (unpaired) electrons. The van der Waals surface area contributed by atoms with Crippen molar-refractivity contribution in [3.8, 4) is 0 Å². The molecule has 1 aliphatic rings. The van der Waals surface area contributed by atoms with Crippen molar-refractivity contribution in [2.24, 2.45) is 5.41 Å². The molecule has 0 saturated carbocycles. The summed E-state index contributed by atoms with van der Waals surface area (Å²) >= 11 is 0. The van der Waals surface area contributed by atoms with E-state index in [9.17, 15) is 9.59 Å². The number of aromatic amines is 1. The van der Waals surface area contributed by atoms with Crippen LogP contribution in [0.4, 0.5) is 0 Å². The first-order valence-electron chi connectivity index (χ1n) is 8.64. The van der Waals surface area contributed by atoms with Gasteiger partial charge in [-0.05, 0) is 31.7 Å². The molecule has 132 valence electrons. The molecule has 1 aliphatic heterocycles. The van der Waals surface area contributed by atoms with Gasteiger partial charge in [0.2, 0.25) is 0 Å². The van der Waals surface area contributed by atoms with E-state index in [1.807, 2.05) is 37.3 Å². The van der Waals surface area contributed by atoms with E-state index < -0.39 is 5.41 Å². The molecule has 1 fully saturated rings. The molecule has 0 aliphatic carbocycles. The van der Waals surface area contributed by atoms with Crippen LogP contribution < -0.4 is 0 Å². The number of likely N-dealkylation sites (tertiary alicyclic amines) is 1. The van der Waals surface area contributed by atoms with Crippen LogP contribution in [0.5, 0.6) is 0 Å². The summed E-state index contributed by atoms with van der Waals surface area (Å²) in [5, 5.41) is 6.51. The van der Waals surface area contributed by atoms with Gasteiger partial charge in [0.1, 0.15) is 0 Å². The SMILES string of the molecule is CCOC(=O)[C@@]1(Cc2ccccc2)CCCN(C(=O)c2cn[nH]c2)C1. The fourth-order valence-corrected chi connectivity index (χ4v) is 3.51. The second-order valence-corrected chi connectivity index (χ2v) is 6.48. The molecule has 6 nitrogen and oxygen atoms in total. The van der Waals surface area contributed by atoms with Crippen molar-refractivity contribution in [2.75, 3.05) is 19.7 Å². The molecule has 2 aromatic rings. The Bertz CT molecular complexity index is 715. The number of ether oxygens (including phenoxy) is 1. The molecule has 0 bridgehead atoms. The summed E-state index contributed by atoms with van der Waals surface area (Å²) in [5.74, 6) is -0.321. The van der Waals surface area contributed by atoms with Crippen LogP contribution in [0.2, 0.25) is 0 Å². The standard InChI is InChI=1S/C19H23N3O3/c1-2-25-18(24)19(11-15-7-4-3-5-8-15)9-6-10-22(14-19)17(23)16-12-20-21-13-16/h3-5,7-8,12-13H,2,6,9-11,14H2,1H3,(H,20,21)/t19-/m1/s1. The summed E-state index contributed by atoms with van der Waals surface area (Å²) in [6.07, 6.45) is 5.16. The van der Waals surface area contributed by atoms with Gasteiger partial charge in [-0.15, -0.1) is 0 Å². The lowest BCUT2D eigenvalue weighted by Crippen LogP contribution is -2.51. The van der Waals surface area contributed by atoms with Crippen LogP contribution >= 0.6 is 0 Å². The Labute approximate surface area is 147 Å². The number of carbonyl (C=O) groups is 2. The maximum Gasteiger partial charge on any atom is 0.314 e. The normalized spacial score (nSPS) is 20.3. The lowest BCUT2D eigenvalue weighted by Gasteiger charge is -2.41. The number of rotatable bonds is 5. The molecule has 1 aromatic heterocycles. The molecular formula is C19H23N3O3. The number of hydrogen-bond donors (Lipinski definition) is 1. The van der Waals surface area contributed by atoms with Gasteiger partial charge in [0.15, 0.2) is 0 Å². The van der Waals surface area contributed by atoms with E-state index in [1.54, 1.807) is 11.1 Å². The van der Waals surface area contributed by atoms with Crippen LogP contribution in [0, 0.1) is 5.41 Å². The van der Waals surface area contributed by atoms with Gasteiger partial charge in [-0.2, -0.15) is 5.10 Å². The number of nitrogens with one attached hydrogen (secondary N) is 1. The highest BCUT2D eigenvalue weighted by Crippen LogP contribution is 2.35. The van der Waals surface area contributed by atoms with Gasteiger partial charge in [-0.3, -0.25) is 14.7 Å². The topological polar surface area (TPSA) is 75.3 Å². The van der Waals surface area contributed by atoms with Gasteiger partial charge >= 0.3 is 5.97 Å². The average Bonchev–Trinajstić information content (AvgIpc) is 3.17. The Hall–Kier alpha value is -2.63. The maximum absolute atomic E-state index is 12.8. The summed E-state index contributed by atoms with van der Waals surface area (Å²) in [6, 6.07) is 9.91. The largest absolute Gasteiger partial charge is 0.466 e. The zero-order valence-electron chi connectivity index (χ0n) is 14.4. The van der Waals surface area contributed by atoms with Crippen LogP contribution in [0.25, 0.3) is 0 Å². The quantitative estimate of drug-likeness (QED) is 0.848. The molecule has 1 N–H and O–H groups in total. The van der Waals surface area contributed by atoms with E-state index >= 15 is 0 Å². The van der Waals surface area contributed by atoms with Gasteiger partial charge in [0.25, 0.3) is 5.91 Å². The highest BCUT2D eigenvalue weighted by atomic mass is 16.5. The zero-order chi connectivity index (χ0) is 17.7. The van der Waals surface area contributed by atoms with Crippen molar-refractivity contribution in [1.82, 2.24) is 15.1 Å². The van der Waals surface area contributed by atoms with Crippen LogP contribution in [-0.4, -0.2) is 46.7 Å². The number of aromatic nitrogens is 2. The Balaban J connectivity index is 1.85. The maximum atomic E-state index is 12.8. The lowest BCUT2D eigenvalue weighted by atomic mass is 9.75. The van der Waals surface area contributed by atoms with E-state index in [1.165, 1.54) is 6.20 Å². The first-order chi connectivity index (χ1) is 12.1. The van der Waals surface area contributed by atoms with Gasteiger partial charge in [0, 0.05) is 19.3 Å². The predicted octanol–water partition coefficient (Wildman–Crippen LogP) is 2.44. The third-order valence-corrected chi connectivity index (χ3v) is 4.70. The van der Waals surface area contributed by atoms with E-state index in [2.05, 4.69) is 10.2 Å². The first-order valence-corrected chi connectivity index (χ1v) is 8.64. The number of hydrogen-bond acceptors (Lipinski definition) is 4. The van der Waals surface area contributed by atoms with Gasteiger partial charge in [-0.25, -0.2) is 0 Å². The van der Waals surface area contributed by atoms with E-state index in [-0.39, 0.29) is 11.9 Å². The van der Waals surface area contributed by atoms with Gasteiger partial charge in [0.05, 0.1) is 23.8 Å². The third-order valence-electron chi connectivity index (χ3n) is 4.70. The number of carbonyl (C=O) groups excluding carboxylic acids is 2. The Morgan fingerprint density at radius 3 is 2.80 bits per heavy atom. The van der Waals surface area contributed by atoms with Crippen molar-refractivity contribution in [1.29, 1.82) is 0 Å². The van der Waals surface area contributed by atoms with Crippen molar-refractivity contribution in [3.05, 3.63) is 53.9 Å². The molecule has 1 saturated heterocycles. The summed E-state index contributed by atoms with van der Waals surface area (Å²) in [7, 11) is 0. The number of nitrogens with zero attached hydrogens (tertiary/aromatic N) is 2. The van der Waals surface area contributed by atoms with Crippen LogP contribution in [0.3, 0.4) is 0 Å². The molecule has 3 rings (SSSR count). The summed E-state index contributed by atoms with van der Waals surface area (Å²) < 4.78 is 5.38. The molecule has 25 heavy (non-hydrogen) atoms. The number of amides is 1. The Morgan fingerprint density at radius 1 is 1.32 bits per heavy atom. The molecular weight excluding hydrogens is 318 g/mol. The summed E-state index contributed by atoms with van der Waals surface area (Å²) in [6.45, 7) is 3.15. The minimum Gasteiger partial charge on any atom is -0.466 e. The van der Waals surface area contributed by atoms with Crippen molar-refractivity contribution in [2.45, 2.75) is 26.2 Å². The number of esters is 1. The Morgan fingerprint density at radius 2 is 2.12 bits per heavy atom. The molecule has 2 heterocycles. The fraction of sp³-hybridized carbons (Fsp3) is 0.421. The number of benzene rings is 1. The monoisotopic (exact) mass is 341 g/mol. The third kappa shape index (κ3) is 3.73. The molecule has 0 unspecified atom stereocenters. The Kier molecular flexibility index (Phi) is 5.16. The minimum absolute atomic E-state index is 0.102. The van der Waals surface area contributed by atoms with E-state index in [0.29, 0.717) is 31.7 Å². The highest BCUT2D eigenvalue weighted by molar-refractivity contribution is 5.94. The van der Waals surface area contributed by atoms with Crippen molar-refractivity contribution >= 4 is 11.9 Å².